The highest BCUT2D eigenvalue weighted by Gasteiger charge is 2.21. The molecule has 0 unspecified atom stereocenters. The monoisotopic (exact) mass is 606 g/mol. The largest absolute Gasteiger partial charge is 0.490 e. The van der Waals surface area contributed by atoms with Gasteiger partial charge in [0.1, 0.15) is 11.6 Å². The summed E-state index contributed by atoms with van der Waals surface area (Å²) < 4.78 is 12.6. The highest BCUT2D eigenvalue weighted by Crippen LogP contribution is 2.30. The molecule has 0 atom stereocenters. The zero-order chi connectivity index (χ0) is 31.3. The lowest BCUT2D eigenvalue weighted by atomic mass is 9.95. The van der Waals surface area contributed by atoms with E-state index in [9.17, 15) is 14.7 Å². The summed E-state index contributed by atoms with van der Waals surface area (Å²) in [6.07, 6.45) is 6.23. The molecule has 1 fully saturated rings. The zero-order valence-corrected chi connectivity index (χ0v) is 25.7. The van der Waals surface area contributed by atoms with Crippen molar-refractivity contribution >= 4 is 0 Å². The average molecular weight is 607 g/mol. The van der Waals surface area contributed by atoms with E-state index in [1.165, 1.54) is 0 Å². The highest BCUT2D eigenvalue weighted by molar-refractivity contribution is 5.80. The van der Waals surface area contributed by atoms with Crippen molar-refractivity contribution in [2.45, 2.75) is 77.4 Å². The van der Waals surface area contributed by atoms with Gasteiger partial charge < -0.3 is 9.84 Å². The Kier molecular flexibility index (Phi) is 9.07. The summed E-state index contributed by atoms with van der Waals surface area (Å²) in [5, 5.41) is 13.7. The number of nitrogens with zero attached hydrogens (tertiary/aromatic N) is 3. The molecule has 2 aromatic heterocycles. The van der Waals surface area contributed by atoms with Crippen LogP contribution in [0.2, 0.25) is 0 Å². The van der Waals surface area contributed by atoms with E-state index in [0.717, 1.165) is 84.3 Å². The Hall–Kier alpha value is -4.76. The number of hydrogen-bond donors (Lipinski definition) is 2. The van der Waals surface area contributed by atoms with E-state index in [1.54, 1.807) is 4.57 Å². The molecule has 6 rings (SSSR count). The topological polar surface area (TPSA) is 123 Å². The lowest BCUT2D eigenvalue weighted by Gasteiger charge is -2.26. The van der Waals surface area contributed by atoms with Crippen LogP contribution in [0.15, 0.2) is 86.9 Å². The number of H-pyrrole nitrogens is 1. The van der Waals surface area contributed by atoms with Gasteiger partial charge in [0.05, 0.1) is 23.6 Å². The summed E-state index contributed by atoms with van der Waals surface area (Å²) in [5.41, 5.74) is 5.85. The van der Waals surface area contributed by atoms with Crippen molar-refractivity contribution in [1.29, 1.82) is 0 Å². The fourth-order valence-electron chi connectivity index (χ4n) is 6.07. The maximum Gasteiger partial charge on any atom is 0.439 e. The van der Waals surface area contributed by atoms with Gasteiger partial charge in [-0.25, -0.2) is 9.78 Å². The number of nitrogens with one attached hydrogen (secondary N) is 1. The van der Waals surface area contributed by atoms with Gasteiger partial charge in [-0.15, -0.1) is 0 Å². The summed E-state index contributed by atoms with van der Waals surface area (Å²) in [6.45, 7) is 4.02. The summed E-state index contributed by atoms with van der Waals surface area (Å²) in [7, 11) is 0. The van der Waals surface area contributed by atoms with Crippen LogP contribution in [0.25, 0.3) is 28.2 Å². The Morgan fingerprint density at radius 3 is 2.33 bits per heavy atom. The Bertz CT molecular complexity index is 1860. The molecule has 0 spiro atoms. The van der Waals surface area contributed by atoms with Gasteiger partial charge in [0.2, 0.25) is 0 Å². The minimum Gasteiger partial charge on any atom is -0.490 e. The minimum absolute atomic E-state index is 0.0621. The fraction of sp³-hybridized carbons (Fsp3) is 0.333. The van der Waals surface area contributed by atoms with Crippen LogP contribution in [-0.2, 0) is 12.8 Å². The van der Waals surface area contributed by atoms with E-state index in [-0.39, 0.29) is 17.8 Å². The molecule has 0 bridgehead atoms. The van der Waals surface area contributed by atoms with Crippen molar-refractivity contribution in [2.75, 3.05) is 0 Å². The first-order valence-electron chi connectivity index (χ1n) is 15.7. The molecule has 5 aromatic rings. The first-order valence-corrected chi connectivity index (χ1v) is 15.7. The second-order valence-corrected chi connectivity index (χ2v) is 11.7. The number of unbranched alkanes of at least 4 members (excludes halogenated alkanes) is 1. The second-order valence-electron chi connectivity index (χ2n) is 11.7. The molecule has 9 nitrogen and oxygen atoms in total. The molecule has 2 heterocycles. The van der Waals surface area contributed by atoms with Crippen LogP contribution < -0.4 is 16.1 Å². The van der Waals surface area contributed by atoms with Gasteiger partial charge in [0, 0.05) is 17.5 Å². The van der Waals surface area contributed by atoms with Crippen molar-refractivity contribution in [3.8, 4) is 34.0 Å². The third-order valence-electron chi connectivity index (χ3n) is 8.51. The van der Waals surface area contributed by atoms with Gasteiger partial charge in [-0.1, -0.05) is 67.0 Å². The number of rotatable bonds is 10. The summed E-state index contributed by atoms with van der Waals surface area (Å²) in [5.74, 6) is 1.19. The van der Waals surface area contributed by atoms with Crippen LogP contribution in [0.4, 0.5) is 0 Å². The lowest BCUT2D eigenvalue weighted by Crippen LogP contribution is -2.28. The van der Waals surface area contributed by atoms with E-state index in [4.69, 9.17) is 14.2 Å². The quantitative estimate of drug-likeness (QED) is 0.195. The van der Waals surface area contributed by atoms with Crippen LogP contribution in [0, 0.1) is 6.92 Å². The smallest absolute Gasteiger partial charge is 0.439 e. The fourth-order valence-corrected chi connectivity index (χ4v) is 6.07. The third kappa shape index (κ3) is 6.83. The van der Waals surface area contributed by atoms with E-state index in [0.29, 0.717) is 23.6 Å². The molecular weight excluding hydrogens is 568 g/mol. The number of aliphatic hydroxyl groups excluding tert-OH is 1. The number of aromatic amines is 1. The summed E-state index contributed by atoms with van der Waals surface area (Å²) in [4.78, 5) is 33.3. The van der Waals surface area contributed by atoms with Gasteiger partial charge in [-0.3, -0.25) is 18.9 Å². The molecule has 0 radical (unpaired) electrons. The molecule has 3 aromatic carbocycles. The number of hydrogen-bond acceptors (Lipinski definition) is 7. The molecule has 1 aliphatic carbocycles. The molecule has 2 N–H and O–H groups in total. The lowest BCUT2D eigenvalue weighted by molar-refractivity contribution is 0.0666. The standard InChI is InChI=1S/C36H38N4O5/c1-3-4-9-33-32(22-24-10-12-25(13-11-24)30-7-5-6-8-31(30)34-38-36(43)45-39-34)35(42)40(23(2)37-33)26-14-18-28(19-15-26)44-29-20-16-27(41)17-21-29/h5-8,10-15,18-19,27,29,41H,3-4,9,16-17,20-22H2,1-2H3,(H,38,39,43)/t27-,29+. The van der Waals surface area contributed by atoms with Gasteiger partial charge in [-0.2, -0.15) is 0 Å². The zero-order valence-electron chi connectivity index (χ0n) is 25.7. The first kappa shape index (κ1) is 30.3. The Labute approximate surface area is 261 Å². The molecular formula is C36H38N4O5. The molecule has 1 saturated carbocycles. The molecule has 45 heavy (non-hydrogen) atoms. The van der Waals surface area contributed by atoms with Crippen molar-refractivity contribution in [2.24, 2.45) is 0 Å². The van der Waals surface area contributed by atoms with Crippen LogP contribution >= 0.6 is 0 Å². The maximum absolute atomic E-state index is 14.1. The van der Waals surface area contributed by atoms with Gasteiger partial charge in [0.15, 0.2) is 5.82 Å². The second kappa shape index (κ2) is 13.5. The van der Waals surface area contributed by atoms with Gasteiger partial charge >= 0.3 is 5.76 Å². The normalized spacial score (nSPS) is 16.5. The van der Waals surface area contributed by atoms with E-state index < -0.39 is 5.76 Å². The Morgan fingerprint density at radius 2 is 1.67 bits per heavy atom. The number of aliphatic hydroxyl groups is 1. The van der Waals surface area contributed by atoms with Crippen LogP contribution in [0.3, 0.4) is 0 Å². The van der Waals surface area contributed by atoms with Crippen molar-refractivity contribution < 1.29 is 14.4 Å². The van der Waals surface area contributed by atoms with Crippen LogP contribution in [-0.4, -0.2) is 37.0 Å². The van der Waals surface area contributed by atoms with E-state index in [2.05, 4.69) is 17.1 Å². The highest BCUT2D eigenvalue weighted by atomic mass is 16.5. The first-order chi connectivity index (χ1) is 21.9. The number of benzene rings is 3. The Balaban J connectivity index is 1.28. The molecule has 0 saturated heterocycles. The summed E-state index contributed by atoms with van der Waals surface area (Å²) >= 11 is 0. The predicted molar refractivity (Wildman–Crippen MR) is 173 cm³/mol. The number of aryl methyl sites for hydroxylation is 2. The van der Waals surface area contributed by atoms with Gasteiger partial charge in [0.25, 0.3) is 5.56 Å². The minimum atomic E-state index is -0.600. The van der Waals surface area contributed by atoms with Gasteiger partial charge in [-0.05, 0) is 86.4 Å². The number of aromatic nitrogens is 4. The SMILES string of the molecule is CCCCc1nc(C)n(-c2ccc(O[C@H]3CC[C@@H](O)CC3)cc2)c(=O)c1Cc1ccc(-c2ccccc2-c2noc(=O)[nH]2)cc1. The Morgan fingerprint density at radius 1 is 0.956 bits per heavy atom. The molecule has 1 aliphatic rings. The number of ether oxygens (including phenoxy) is 1. The van der Waals surface area contributed by atoms with Crippen LogP contribution in [0.5, 0.6) is 5.75 Å². The van der Waals surface area contributed by atoms with Crippen molar-refractivity contribution in [3.05, 3.63) is 116 Å². The van der Waals surface area contributed by atoms with E-state index in [1.807, 2.05) is 79.7 Å². The molecule has 9 heteroatoms. The molecule has 232 valence electrons. The van der Waals surface area contributed by atoms with Crippen molar-refractivity contribution in [3.63, 3.8) is 0 Å². The van der Waals surface area contributed by atoms with Crippen molar-refractivity contribution in [1.82, 2.24) is 19.7 Å². The predicted octanol–water partition coefficient (Wildman–Crippen LogP) is 6.17. The molecule has 0 amide bonds. The summed E-state index contributed by atoms with van der Waals surface area (Å²) in [6, 6.07) is 23.4. The maximum atomic E-state index is 14.1. The molecule has 0 aliphatic heterocycles. The average Bonchev–Trinajstić information content (AvgIpc) is 3.49. The van der Waals surface area contributed by atoms with E-state index >= 15 is 0 Å². The van der Waals surface area contributed by atoms with Crippen LogP contribution in [0.1, 0.15) is 68.1 Å². The third-order valence-corrected chi connectivity index (χ3v) is 8.51.